The lowest BCUT2D eigenvalue weighted by Gasteiger charge is -1.91. The molecule has 5 nitrogen and oxygen atoms in total. The minimum atomic E-state index is -0.410. The topological polar surface area (TPSA) is 77.8 Å². The highest BCUT2D eigenvalue weighted by Gasteiger charge is 2.08. The van der Waals surface area contributed by atoms with E-state index in [2.05, 4.69) is 15.1 Å². The maximum Gasteiger partial charge on any atom is 0.276 e. The summed E-state index contributed by atoms with van der Waals surface area (Å²) in [6, 6.07) is 2.73. The first-order chi connectivity index (χ1) is 6.79. The van der Waals surface area contributed by atoms with Crippen LogP contribution in [0, 0.1) is 5.82 Å². The summed E-state index contributed by atoms with van der Waals surface area (Å²) in [7, 11) is 0. The van der Waals surface area contributed by atoms with Crippen LogP contribution in [-0.2, 0) is 6.54 Å². The molecular weight excluding hydrogens is 187 g/mol. The van der Waals surface area contributed by atoms with E-state index in [0.29, 0.717) is 11.5 Å². The van der Waals surface area contributed by atoms with Gasteiger partial charge in [0.1, 0.15) is 11.5 Å². The predicted octanol–water partition coefficient (Wildman–Crippen LogP) is 0.729. The molecule has 0 spiro atoms. The Morgan fingerprint density at radius 3 is 2.86 bits per heavy atom. The lowest BCUT2D eigenvalue weighted by atomic mass is 10.3. The van der Waals surface area contributed by atoms with Crippen molar-refractivity contribution in [3.63, 3.8) is 0 Å². The molecule has 2 aromatic rings. The van der Waals surface area contributed by atoms with Gasteiger partial charge in [0.2, 0.25) is 0 Å². The fraction of sp³-hybridized carbons (Fsp3) is 0.125. The van der Waals surface area contributed by atoms with E-state index >= 15 is 0 Å². The second-order valence-electron chi connectivity index (χ2n) is 2.58. The molecule has 0 aromatic carbocycles. The Labute approximate surface area is 78.8 Å². The summed E-state index contributed by atoms with van der Waals surface area (Å²) < 4.78 is 17.4. The van der Waals surface area contributed by atoms with Crippen molar-refractivity contribution >= 4 is 0 Å². The maximum absolute atomic E-state index is 12.5. The highest BCUT2D eigenvalue weighted by Crippen LogP contribution is 2.13. The monoisotopic (exact) mass is 194 g/mol. The molecule has 14 heavy (non-hydrogen) atoms. The Hall–Kier alpha value is -1.82. The zero-order valence-electron chi connectivity index (χ0n) is 7.14. The Bertz CT molecular complexity index is 425. The molecule has 0 aliphatic carbocycles. The second-order valence-corrected chi connectivity index (χ2v) is 2.58. The lowest BCUT2D eigenvalue weighted by Crippen LogP contribution is -1.97. The van der Waals surface area contributed by atoms with Crippen molar-refractivity contribution in [3.05, 3.63) is 30.0 Å². The third-order valence-electron chi connectivity index (χ3n) is 1.60. The van der Waals surface area contributed by atoms with Gasteiger partial charge in [-0.05, 0) is 12.1 Å². The van der Waals surface area contributed by atoms with Crippen molar-refractivity contribution in [2.45, 2.75) is 6.54 Å². The van der Waals surface area contributed by atoms with E-state index in [-0.39, 0.29) is 12.4 Å². The minimum Gasteiger partial charge on any atom is -0.332 e. The summed E-state index contributed by atoms with van der Waals surface area (Å²) in [5.41, 5.74) is 5.73. The Kier molecular flexibility index (Phi) is 2.19. The first-order valence-corrected chi connectivity index (χ1v) is 3.94. The molecule has 2 aromatic heterocycles. The van der Waals surface area contributed by atoms with Crippen molar-refractivity contribution in [1.82, 2.24) is 15.1 Å². The van der Waals surface area contributed by atoms with Crippen molar-refractivity contribution < 1.29 is 8.91 Å². The quantitative estimate of drug-likeness (QED) is 0.762. The standard InChI is InChI=1S/C8H7FN4O/c9-5-1-2-6(11-4-5)8-12-7(3-10)13-14-8/h1-2,4H,3,10H2. The third-order valence-corrected chi connectivity index (χ3v) is 1.60. The van der Waals surface area contributed by atoms with Crippen LogP contribution in [-0.4, -0.2) is 15.1 Å². The highest BCUT2D eigenvalue weighted by molar-refractivity contribution is 5.45. The van der Waals surface area contributed by atoms with E-state index in [1.165, 1.54) is 12.1 Å². The number of aromatic nitrogens is 3. The summed E-state index contributed by atoms with van der Waals surface area (Å²) in [5.74, 6) is 0.226. The van der Waals surface area contributed by atoms with Gasteiger partial charge < -0.3 is 10.3 Å². The molecule has 0 aliphatic rings. The number of pyridine rings is 1. The molecule has 6 heteroatoms. The van der Waals surface area contributed by atoms with Crippen molar-refractivity contribution in [2.75, 3.05) is 0 Å². The van der Waals surface area contributed by atoms with Gasteiger partial charge in [0, 0.05) is 0 Å². The largest absolute Gasteiger partial charge is 0.332 e. The van der Waals surface area contributed by atoms with Crippen LogP contribution in [0.4, 0.5) is 4.39 Å². The van der Waals surface area contributed by atoms with E-state index in [0.717, 1.165) is 6.20 Å². The summed E-state index contributed by atoms with van der Waals surface area (Å²) >= 11 is 0. The van der Waals surface area contributed by atoms with E-state index in [9.17, 15) is 4.39 Å². The van der Waals surface area contributed by atoms with Gasteiger partial charge in [0.25, 0.3) is 5.89 Å². The van der Waals surface area contributed by atoms with Crippen LogP contribution in [0.15, 0.2) is 22.9 Å². The molecule has 2 rings (SSSR count). The molecule has 2 heterocycles. The van der Waals surface area contributed by atoms with Crippen LogP contribution in [0.2, 0.25) is 0 Å². The number of nitrogens with two attached hydrogens (primary N) is 1. The van der Waals surface area contributed by atoms with Gasteiger partial charge in [-0.15, -0.1) is 0 Å². The first kappa shape index (κ1) is 8.76. The van der Waals surface area contributed by atoms with E-state index in [1.54, 1.807) is 0 Å². The molecule has 0 fully saturated rings. The van der Waals surface area contributed by atoms with Crippen molar-refractivity contribution in [2.24, 2.45) is 5.73 Å². The van der Waals surface area contributed by atoms with Gasteiger partial charge in [-0.25, -0.2) is 9.37 Å². The van der Waals surface area contributed by atoms with Crippen LogP contribution in [0.25, 0.3) is 11.6 Å². The highest BCUT2D eigenvalue weighted by atomic mass is 19.1. The molecule has 0 amide bonds. The fourth-order valence-electron chi connectivity index (χ4n) is 0.943. The molecule has 0 bridgehead atoms. The van der Waals surface area contributed by atoms with E-state index < -0.39 is 5.82 Å². The first-order valence-electron chi connectivity index (χ1n) is 3.94. The predicted molar refractivity (Wildman–Crippen MR) is 45.4 cm³/mol. The minimum absolute atomic E-state index is 0.199. The molecule has 0 saturated heterocycles. The third kappa shape index (κ3) is 1.60. The van der Waals surface area contributed by atoms with Gasteiger partial charge >= 0.3 is 0 Å². The second kappa shape index (κ2) is 3.51. The molecule has 0 unspecified atom stereocenters. The number of hydrogen-bond donors (Lipinski definition) is 1. The zero-order chi connectivity index (χ0) is 9.97. The lowest BCUT2D eigenvalue weighted by molar-refractivity contribution is 0.421. The molecule has 0 radical (unpaired) electrons. The molecule has 2 N–H and O–H groups in total. The smallest absolute Gasteiger partial charge is 0.276 e. The normalized spacial score (nSPS) is 10.4. The SMILES string of the molecule is NCc1noc(-c2ccc(F)cn2)n1. The van der Waals surface area contributed by atoms with Gasteiger partial charge in [-0.3, -0.25) is 0 Å². The molecular formula is C8H7FN4O. The van der Waals surface area contributed by atoms with Gasteiger partial charge in [0.15, 0.2) is 5.82 Å². The molecule has 0 aliphatic heterocycles. The number of hydrogen-bond acceptors (Lipinski definition) is 5. The number of halogens is 1. The van der Waals surface area contributed by atoms with Crippen molar-refractivity contribution in [3.8, 4) is 11.6 Å². The fourth-order valence-corrected chi connectivity index (χ4v) is 0.943. The van der Waals surface area contributed by atoms with Crippen LogP contribution in [0.3, 0.4) is 0 Å². The van der Waals surface area contributed by atoms with E-state index in [1.807, 2.05) is 0 Å². The Morgan fingerprint density at radius 1 is 1.43 bits per heavy atom. The summed E-state index contributed by atoms with van der Waals surface area (Å²) in [6.07, 6.45) is 1.08. The number of rotatable bonds is 2. The molecule has 0 saturated carbocycles. The van der Waals surface area contributed by atoms with Crippen LogP contribution >= 0.6 is 0 Å². The summed E-state index contributed by atoms with van der Waals surface area (Å²) in [5, 5.41) is 3.59. The number of nitrogens with zero attached hydrogens (tertiary/aromatic N) is 3. The zero-order valence-corrected chi connectivity index (χ0v) is 7.14. The van der Waals surface area contributed by atoms with Crippen LogP contribution < -0.4 is 5.73 Å². The molecule has 72 valence electrons. The Balaban J connectivity index is 2.34. The van der Waals surface area contributed by atoms with Crippen LogP contribution in [0.1, 0.15) is 5.82 Å². The Morgan fingerprint density at radius 2 is 2.29 bits per heavy atom. The van der Waals surface area contributed by atoms with Gasteiger partial charge in [-0.1, -0.05) is 5.16 Å². The van der Waals surface area contributed by atoms with Gasteiger partial charge in [0.05, 0.1) is 12.7 Å². The molecule has 0 atom stereocenters. The van der Waals surface area contributed by atoms with E-state index in [4.69, 9.17) is 10.3 Å². The van der Waals surface area contributed by atoms with Crippen molar-refractivity contribution in [1.29, 1.82) is 0 Å². The average Bonchev–Trinajstić information content (AvgIpc) is 2.67. The average molecular weight is 194 g/mol. The van der Waals surface area contributed by atoms with Crippen LogP contribution in [0.5, 0.6) is 0 Å². The van der Waals surface area contributed by atoms with Gasteiger partial charge in [-0.2, -0.15) is 4.98 Å². The summed E-state index contributed by atoms with van der Waals surface area (Å²) in [6.45, 7) is 0.199. The summed E-state index contributed by atoms with van der Waals surface area (Å²) in [4.78, 5) is 7.73. The maximum atomic E-state index is 12.5.